The first-order valence-corrected chi connectivity index (χ1v) is 9.77. The normalized spacial score (nSPS) is 11.3. The van der Waals surface area contributed by atoms with Crippen LogP contribution in [0.4, 0.5) is 17.1 Å². The number of benzene rings is 2. The maximum atomic E-state index is 12.6. The fourth-order valence-electron chi connectivity index (χ4n) is 2.42. The third kappa shape index (κ3) is 4.46. The number of ether oxygens (including phenoxy) is 1. The van der Waals surface area contributed by atoms with Crippen molar-refractivity contribution in [2.45, 2.75) is 18.7 Å². The molecule has 0 amide bonds. The van der Waals surface area contributed by atoms with Gasteiger partial charge in [-0.25, -0.2) is 12.7 Å². The summed E-state index contributed by atoms with van der Waals surface area (Å²) in [5, 5.41) is 14.2. The third-order valence-corrected chi connectivity index (χ3v) is 5.72. The van der Waals surface area contributed by atoms with Crippen LogP contribution in [0.5, 0.6) is 5.75 Å². The van der Waals surface area contributed by atoms with Crippen molar-refractivity contribution in [1.82, 2.24) is 4.31 Å². The number of nitro groups is 1. The second-order valence-electron chi connectivity index (χ2n) is 6.05. The molecule has 28 heavy (non-hydrogen) atoms. The average Bonchev–Trinajstić information content (AvgIpc) is 2.62. The molecule has 0 heterocycles. The van der Waals surface area contributed by atoms with E-state index in [0.29, 0.717) is 5.69 Å². The van der Waals surface area contributed by atoms with E-state index < -0.39 is 14.9 Å². The van der Waals surface area contributed by atoms with E-state index in [1.54, 1.807) is 13.0 Å². The van der Waals surface area contributed by atoms with Gasteiger partial charge >= 0.3 is 0 Å². The first kappa shape index (κ1) is 21.3. The highest BCUT2D eigenvalue weighted by molar-refractivity contribution is 7.89. The number of carbonyl (C=O) groups is 1. The standard InChI is InChI=1S/C18H21N3O6S/c1-5-27-17-9-7-14(11-18(17)28(25,26)20(3)4)19-15-8-6-13(12(2)22)10-16(15)21(23)24/h6-11,19H,5H2,1-4H3. The number of nitrogens with one attached hydrogen (secondary N) is 1. The highest BCUT2D eigenvalue weighted by Gasteiger charge is 2.24. The van der Waals surface area contributed by atoms with Crippen molar-refractivity contribution >= 4 is 32.9 Å². The number of hydrogen-bond acceptors (Lipinski definition) is 7. The SMILES string of the molecule is CCOc1ccc(Nc2ccc(C(C)=O)cc2[N+](=O)[O-])cc1S(=O)(=O)N(C)C. The first-order valence-electron chi connectivity index (χ1n) is 8.33. The van der Waals surface area contributed by atoms with Crippen LogP contribution in [-0.4, -0.2) is 44.1 Å². The van der Waals surface area contributed by atoms with Crippen molar-refractivity contribution in [3.63, 3.8) is 0 Å². The molecule has 2 aromatic rings. The summed E-state index contributed by atoms with van der Waals surface area (Å²) < 4.78 is 31.7. The number of nitrogens with zero attached hydrogens (tertiary/aromatic N) is 2. The molecule has 2 rings (SSSR count). The topological polar surface area (TPSA) is 119 Å². The summed E-state index contributed by atoms with van der Waals surface area (Å²) in [7, 11) is -1.00. The molecule has 0 unspecified atom stereocenters. The lowest BCUT2D eigenvalue weighted by Gasteiger charge is -2.17. The highest BCUT2D eigenvalue weighted by atomic mass is 32.2. The molecule has 1 N–H and O–H groups in total. The predicted molar refractivity (Wildman–Crippen MR) is 105 cm³/mol. The fourth-order valence-corrected chi connectivity index (χ4v) is 3.47. The van der Waals surface area contributed by atoms with Crippen LogP contribution in [0, 0.1) is 10.1 Å². The van der Waals surface area contributed by atoms with Gasteiger partial charge in [-0.3, -0.25) is 14.9 Å². The van der Waals surface area contributed by atoms with Gasteiger partial charge in [0.25, 0.3) is 5.69 Å². The van der Waals surface area contributed by atoms with Crippen molar-refractivity contribution in [1.29, 1.82) is 0 Å². The number of sulfonamides is 1. The molecule has 0 bridgehead atoms. The van der Waals surface area contributed by atoms with E-state index in [9.17, 15) is 23.3 Å². The molecule has 0 radical (unpaired) electrons. The second kappa shape index (κ2) is 8.36. The molecule has 9 nitrogen and oxygen atoms in total. The molecule has 0 saturated carbocycles. The Labute approximate surface area is 163 Å². The minimum absolute atomic E-state index is 0.0626. The van der Waals surface area contributed by atoms with Crippen LogP contribution < -0.4 is 10.1 Å². The molecule has 10 heteroatoms. The van der Waals surface area contributed by atoms with Gasteiger partial charge in [0.05, 0.1) is 11.5 Å². The first-order chi connectivity index (χ1) is 13.1. The van der Waals surface area contributed by atoms with Gasteiger partial charge in [0, 0.05) is 31.4 Å². The number of hydrogen-bond donors (Lipinski definition) is 1. The molecule has 0 aliphatic heterocycles. The quantitative estimate of drug-likeness (QED) is 0.405. The van der Waals surface area contributed by atoms with Gasteiger partial charge in [-0.15, -0.1) is 0 Å². The summed E-state index contributed by atoms with van der Waals surface area (Å²) in [4.78, 5) is 22.2. The number of rotatable bonds is 8. The van der Waals surface area contributed by atoms with Crippen LogP contribution in [0.25, 0.3) is 0 Å². The van der Waals surface area contributed by atoms with E-state index in [4.69, 9.17) is 4.74 Å². The number of Topliss-reactive ketones (excluding diaryl/α,β-unsaturated/α-hetero) is 1. The van der Waals surface area contributed by atoms with E-state index in [2.05, 4.69) is 5.32 Å². The molecule has 2 aromatic carbocycles. The van der Waals surface area contributed by atoms with Crippen LogP contribution in [0.3, 0.4) is 0 Å². The van der Waals surface area contributed by atoms with E-state index in [1.807, 2.05) is 0 Å². The Kier molecular flexibility index (Phi) is 6.37. The summed E-state index contributed by atoms with van der Waals surface area (Å²) >= 11 is 0. The van der Waals surface area contributed by atoms with Gasteiger partial charge in [-0.05, 0) is 44.2 Å². The van der Waals surface area contributed by atoms with Crippen molar-refractivity contribution in [2.75, 3.05) is 26.0 Å². The summed E-state index contributed by atoms with van der Waals surface area (Å²) in [6, 6.07) is 8.44. The molecular formula is C18H21N3O6S. The Morgan fingerprint density at radius 3 is 2.43 bits per heavy atom. The molecule has 0 spiro atoms. The fraction of sp³-hybridized carbons (Fsp3) is 0.278. The smallest absolute Gasteiger partial charge is 0.293 e. The van der Waals surface area contributed by atoms with Crippen LogP contribution in [0.2, 0.25) is 0 Å². The highest BCUT2D eigenvalue weighted by Crippen LogP contribution is 2.33. The van der Waals surface area contributed by atoms with Gasteiger partial charge in [-0.2, -0.15) is 0 Å². The van der Waals surface area contributed by atoms with E-state index in [0.717, 1.165) is 4.31 Å². The Hall–Kier alpha value is -2.98. The maximum absolute atomic E-state index is 12.6. The van der Waals surface area contributed by atoms with E-state index >= 15 is 0 Å². The Morgan fingerprint density at radius 1 is 1.21 bits per heavy atom. The Morgan fingerprint density at radius 2 is 1.89 bits per heavy atom. The van der Waals surface area contributed by atoms with Crippen molar-refractivity contribution in [3.8, 4) is 5.75 Å². The third-order valence-electron chi connectivity index (χ3n) is 3.88. The van der Waals surface area contributed by atoms with Gasteiger partial charge in [0.2, 0.25) is 10.0 Å². The Balaban J connectivity index is 2.53. The van der Waals surface area contributed by atoms with Crippen molar-refractivity contribution in [2.24, 2.45) is 0 Å². The number of nitro benzene ring substituents is 1. The van der Waals surface area contributed by atoms with Crippen LogP contribution >= 0.6 is 0 Å². The summed E-state index contributed by atoms with van der Waals surface area (Å²) in [6.07, 6.45) is 0. The average molecular weight is 407 g/mol. The largest absolute Gasteiger partial charge is 0.492 e. The molecule has 0 saturated heterocycles. The zero-order chi connectivity index (χ0) is 21.1. The second-order valence-corrected chi connectivity index (χ2v) is 8.17. The van der Waals surface area contributed by atoms with E-state index in [1.165, 1.54) is 51.4 Å². The van der Waals surface area contributed by atoms with Gasteiger partial charge < -0.3 is 10.1 Å². The molecule has 150 valence electrons. The lowest BCUT2D eigenvalue weighted by molar-refractivity contribution is -0.383. The minimum atomic E-state index is -3.80. The number of ketones is 1. The predicted octanol–water partition coefficient (Wildman–Crippen LogP) is 3.19. The lowest BCUT2D eigenvalue weighted by Crippen LogP contribution is -2.23. The molecule has 0 atom stereocenters. The molecule has 0 aromatic heterocycles. The zero-order valence-corrected chi connectivity index (χ0v) is 16.7. The van der Waals surface area contributed by atoms with Gasteiger partial charge in [0.15, 0.2) is 5.78 Å². The monoisotopic (exact) mass is 407 g/mol. The number of anilines is 2. The molecule has 0 aliphatic rings. The van der Waals surface area contributed by atoms with Gasteiger partial charge in [-0.1, -0.05) is 0 Å². The summed E-state index contributed by atoms with van der Waals surface area (Å²) in [6.45, 7) is 3.33. The van der Waals surface area contributed by atoms with Gasteiger partial charge in [0.1, 0.15) is 16.3 Å². The summed E-state index contributed by atoms with van der Waals surface area (Å²) in [5.41, 5.74) is 0.369. The minimum Gasteiger partial charge on any atom is -0.492 e. The van der Waals surface area contributed by atoms with Crippen LogP contribution in [0.15, 0.2) is 41.3 Å². The maximum Gasteiger partial charge on any atom is 0.293 e. The lowest BCUT2D eigenvalue weighted by atomic mass is 10.1. The van der Waals surface area contributed by atoms with E-state index in [-0.39, 0.29) is 40.0 Å². The number of carbonyl (C=O) groups excluding carboxylic acids is 1. The molecule has 0 fully saturated rings. The molecule has 0 aliphatic carbocycles. The summed E-state index contributed by atoms with van der Waals surface area (Å²) in [5.74, 6) is -0.113. The van der Waals surface area contributed by atoms with Crippen LogP contribution in [0.1, 0.15) is 24.2 Å². The Bertz CT molecular complexity index is 1020. The van der Waals surface area contributed by atoms with Crippen LogP contribution in [-0.2, 0) is 10.0 Å². The van der Waals surface area contributed by atoms with Crippen molar-refractivity contribution < 1.29 is 22.9 Å². The van der Waals surface area contributed by atoms with Crippen molar-refractivity contribution in [3.05, 3.63) is 52.1 Å². The molecular weight excluding hydrogens is 386 g/mol. The zero-order valence-electron chi connectivity index (χ0n) is 15.9.